The molecule has 0 amide bonds. The number of methoxy groups -OCH3 is 1. The van der Waals surface area contributed by atoms with Crippen LogP contribution in [0.15, 0.2) is 30.3 Å². The van der Waals surface area contributed by atoms with Gasteiger partial charge in [-0.05, 0) is 69.9 Å². The van der Waals surface area contributed by atoms with Crippen molar-refractivity contribution >= 4 is 17.7 Å². The highest BCUT2D eigenvalue weighted by Crippen LogP contribution is 2.29. The first-order chi connectivity index (χ1) is 14.3. The fourth-order valence-electron chi connectivity index (χ4n) is 3.99. The number of ketones is 1. The summed E-state index contributed by atoms with van der Waals surface area (Å²) in [5.74, 6) is -1.46. The summed E-state index contributed by atoms with van der Waals surface area (Å²) in [7, 11) is 1.33. The molecule has 0 spiro atoms. The molecule has 7 heteroatoms. The van der Waals surface area contributed by atoms with Crippen LogP contribution in [0.3, 0.4) is 0 Å². The molecule has 1 N–H and O–H groups in total. The number of benzene rings is 1. The van der Waals surface area contributed by atoms with Crippen molar-refractivity contribution in [3.05, 3.63) is 52.8 Å². The standard InChI is InChI=1S/C23H27NO6/c1-15-13-19(20(25)14-30-22(27)23(28)11-5-4-6-12-23)16(2)24(15)18-9-7-17(8-10-18)21(26)29-3/h7-10,13,28H,4-6,11-12,14H2,1-3H3. The van der Waals surface area contributed by atoms with Gasteiger partial charge in [-0.25, -0.2) is 9.59 Å². The van der Waals surface area contributed by atoms with Crippen molar-refractivity contribution in [3.63, 3.8) is 0 Å². The Bertz CT molecular complexity index is 951. The Morgan fingerprint density at radius 1 is 1.07 bits per heavy atom. The topological polar surface area (TPSA) is 94.8 Å². The summed E-state index contributed by atoms with van der Waals surface area (Å²) in [5.41, 5.74) is 1.75. The van der Waals surface area contributed by atoms with E-state index in [4.69, 9.17) is 9.47 Å². The maximum atomic E-state index is 12.7. The van der Waals surface area contributed by atoms with Gasteiger partial charge < -0.3 is 19.1 Å². The summed E-state index contributed by atoms with van der Waals surface area (Å²) in [5, 5.41) is 10.4. The molecule has 1 aliphatic carbocycles. The number of hydrogen-bond donors (Lipinski definition) is 1. The van der Waals surface area contributed by atoms with Crippen molar-refractivity contribution < 1.29 is 29.0 Å². The Hall–Kier alpha value is -2.93. The Morgan fingerprint density at radius 3 is 2.30 bits per heavy atom. The molecule has 1 fully saturated rings. The third kappa shape index (κ3) is 4.31. The summed E-state index contributed by atoms with van der Waals surface area (Å²) in [4.78, 5) is 36.6. The Labute approximate surface area is 175 Å². The number of aryl methyl sites for hydroxylation is 1. The molecular formula is C23H27NO6. The Balaban J connectivity index is 1.74. The molecule has 3 rings (SSSR count). The molecule has 2 aromatic rings. The van der Waals surface area contributed by atoms with Crippen molar-refractivity contribution in [3.8, 4) is 5.69 Å². The summed E-state index contributed by atoms with van der Waals surface area (Å²) >= 11 is 0. The van der Waals surface area contributed by atoms with Gasteiger partial charge in [0.05, 0.1) is 12.7 Å². The number of hydrogen-bond acceptors (Lipinski definition) is 6. The summed E-state index contributed by atoms with van der Waals surface area (Å²) in [6.45, 7) is 3.27. The number of rotatable bonds is 6. The maximum Gasteiger partial charge on any atom is 0.338 e. The first-order valence-electron chi connectivity index (χ1n) is 10.1. The second kappa shape index (κ2) is 8.83. The van der Waals surface area contributed by atoms with Crippen LogP contribution in [0.1, 0.15) is 64.2 Å². The second-order valence-electron chi connectivity index (χ2n) is 7.75. The summed E-state index contributed by atoms with van der Waals surface area (Å²) in [6.07, 6.45) is 3.28. The molecule has 1 aromatic carbocycles. The van der Waals surface area contributed by atoms with Crippen LogP contribution in [0.25, 0.3) is 5.69 Å². The van der Waals surface area contributed by atoms with E-state index in [-0.39, 0.29) is 5.78 Å². The lowest BCUT2D eigenvalue weighted by atomic mass is 9.85. The van der Waals surface area contributed by atoms with E-state index >= 15 is 0 Å². The number of ether oxygens (including phenoxy) is 2. The summed E-state index contributed by atoms with van der Waals surface area (Å²) < 4.78 is 11.8. The van der Waals surface area contributed by atoms with Gasteiger partial charge in [0.25, 0.3) is 0 Å². The highest BCUT2D eigenvalue weighted by molar-refractivity contribution is 5.99. The van der Waals surface area contributed by atoms with E-state index in [2.05, 4.69) is 0 Å². The quantitative estimate of drug-likeness (QED) is 0.577. The second-order valence-corrected chi connectivity index (χ2v) is 7.75. The monoisotopic (exact) mass is 413 g/mol. The molecular weight excluding hydrogens is 386 g/mol. The van der Waals surface area contributed by atoms with Gasteiger partial charge in [-0.15, -0.1) is 0 Å². The van der Waals surface area contributed by atoms with Crippen LogP contribution in [-0.4, -0.2) is 46.7 Å². The lowest BCUT2D eigenvalue weighted by molar-refractivity contribution is -0.167. The highest BCUT2D eigenvalue weighted by Gasteiger charge is 2.39. The zero-order valence-electron chi connectivity index (χ0n) is 17.6. The van der Waals surface area contributed by atoms with Gasteiger partial charge >= 0.3 is 11.9 Å². The van der Waals surface area contributed by atoms with Crippen LogP contribution in [0, 0.1) is 13.8 Å². The third-order valence-corrected chi connectivity index (χ3v) is 5.67. The molecule has 1 aliphatic rings. The number of aromatic nitrogens is 1. The number of esters is 2. The molecule has 7 nitrogen and oxygen atoms in total. The zero-order chi connectivity index (χ0) is 21.9. The predicted octanol–water partition coefficient (Wildman–Crippen LogP) is 3.30. The Morgan fingerprint density at radius 2 is 1.70 bits per heavy atom. The molecule has 1 heterocycles. The largest absolute Gasteiger partial charge is 0.465 e. The predicted molar refractivity (Wildman–Crippen MR) is 110 cm³/mol. The first-order valence-corrected chi connectivity index (χ1v) is 10.1. The number of carbonyl (C=O) groups is 3. The Kier molecular flexibility index (Phi) is 6.41. The lowest BCUT2D eigenvalue weighted by Gasteiger charge is -2.29. The SMILES string of the molecule is COC(=O)c1ccc(-n2c(C)cc(C(=O)COC(=O)C3(O)CCCCC3)c2C)cc1. The fraction of sp³-hybridized carbons (Fsp3) is 0.435. The lowest BCUT2D eigenvalue weighted by Crippen LogP contribution is -2.42. The van der Waals surface area contributed by atoms with Crippen LogP contribution >= 0.6 is 0 Å². The smallest absolute Gasteiger partial charge is 0.338 e. The third-order valence-electron chi connectivity index (χ3n) is 5.67. The number of aliphatic hydroxyl groups is 1. The van der Waals surface area contributed by atoms with Crippen molar-refractivity contribution in [2.75, 3.05) is 13.7 Å². The number of Topliss-reactive ketones (excluding diaryl/α,β-unsaturated/α-hetero) is 1. The average Bonchev–Trinajstić information content (AvgIpc) is 3.05. The molecule has 0 atom stereocenters. The van der Waals surface area contributed by atoms with Gasteiger partial charge in [0.15, 0.2) is 12.2 Å². The highest BCUT2D eigenvalue weighted by atomic mass is 16.6. The fourth-order valence-corrected chi connectivity index (χ4v) is 3.99. The average molecular weight is 413 g/mol. The van der Waals surface area contributed by atoms with Crippen molar-refractivity contribution in [2.45, 2.75) is 51.6 Å². The van der Waals surface area contributed by atoms with E-state index in [1.54, 1.807) is 30.3 Å². The molecule has 30 heavy (non-hydrogen) atoms. The molecule has 0 aliphatic heterocycles. The van der Waals surface area contributed by atoms with E-state index in [0.717, 1.165) is 30.6 Å². The van der Waals surface area contributed by atoms with Crippen LogP contribution in [0.4, 0.5) is 0 Å². The first kappa shape index (κ1) is 21.8. The summed E-state index contributed by atoms with van der Waals surface area (Å²) in [6, 6.07) is 8.62. The van der Waals surface area contributed by atoms with Gasteiger partial charge in [-0.2, -0.15) is 0 Å². The van der Waals surface area contributed by atoms with Gasteiger partial charge in [0.1, 0.15) is 0 Å². The zero-order valence-corrected chi connectivity index (χ0v) is 17.6. The normalized spacial score (nSPS) is 15.5. The maximum absolute atomic E-state index is 12.7. The van der Waals surface area contributed by atoms with Gasteiger partial charge in [0.2, 0.25) is 5.78 Å². The molecule has 0 saturated heterocycles. The molecule has 0 bridgehead atoms. The van der Waals surface area contributed by atoms with E-state index in [0.29, 0.717) is 29.7 Å². The molecule has 0 radical (unpaired) electrons. The van der Waals surface area contributed by atoms with Crippen molar-refractivity contribution in [2.24, 2.45) is 0 Å². The van der Waals surface area contributed by atoms with Gasteiger partial charge in [-0.1, -0.05) is 6.42 Å². The van der Waals surface area contributed by atoms with Crippen LogP contribution in [0.5, 0.6) is 0 Å². The van der Waals surface area contributed by atoms with Gasteiger partial charge in [0, 0.05) is 22.6 Å². The molecule has 160 valence electrons. The minimum Gasteiger partial charge on any atom is -0.465 e. The van der Waals surface area contributed by atoms with Crippen molar-refractivity contribution in [1.29, 1.82) is 0 Å². The van der Waals surface area contributed by atoms with Crippen LogP contribution in [-0.2, 0) is 14.3 Å². The van der Waals surface area contributed by atoms with Crippen LogP contribution < -0.4 is 0 Å². The minimum absolute atomic E-state index is 0.326. The van der Waals surface area contributed by atoms with E-state index < -0.39 is 24.1 Å². The minimum atomic E-state index is -1.48. The number of nitrogens with zero attached hydrogens (tertiary/aromatic N) is 1. The van der Waals surface area contributed by atoms with E-state index in [1.807, 2.05) is 18.4 Å². The van der Waals surface area contributed by atoms with Crippen LogP contribution in [0.2, 0.25) is 0 Å². The molecule has 0 unspecified atom stereocenters. The van der Waals surface area contributed by atoms with Gasteiger partial charge in [-0.3, -0.25) is 4.79 Å². The molecule has 1 saturated carbocycles. The molecule has 1 aromatic heterocycles. The van der Waals surface area contributed by atoms with E-state index in [9.17, 15) is 19.5 Å². The number of carbonyl (C=O) groups excluding carboxylic acids is 3. The van der Waals surface area contributed by atoms with Crippen molar-refractivity contribution in [1.82, 2.24) is 4.57 Å². The van der Waals surface area contributed by atoms with E-state index in [1.165, 1.54) is 7.11 Å².